The lowest BCUT2D eigenvalue weighted by Gasteiger charge is -2.32. The van der Waals surface area contributed by atoms with Crippen LogP contribution in [0.1, 0.15) is 27.7 Å². The van der Waals surface area contributed by atoms with Gasteiger partial charge in [-0.2, -0.15) is 4.98 Å². The number of nitrogens with two attached hydrogens (primary N) is 1. The molecule has 0 aliphatic carbocycles. The summed E-state index contributed by atoms with van der Waals surface area (Å²) >= 11 is 0. The van der Waals surface area contributed by atoms with Crippen LogP contribution in [0.3, 0.4) is 0 Å². The Morgan fingerprint density at radius 2 is 1.76 bits per heavy atom. The second-order valence-corrected chi connectivity index (χ2v) is 13.2. The van der Waals surface area contributed by atoms with Gasteiger partial charge in [0, 0.05) is 80.0 Å². The Kier molecular flexibility index (Phi) is 12.3. The third-order valence-electron chi connectivity index (χ3n) is 9.22. The standard InChI is InChI=1S/C29H31N7O.C9H13N3O5/c1-21-5-10-25(18-27(21)34-29-31-13-11-26(33-29)24-4-3-12-30-19-24)32-28(37)23-8-6-22(7-9-23)20-36-16-14-35(2)15-17-36;10-5-1-2-12(9(16)11-5)8-7(15)6(14)4(3-13)17-8/h3-13,18-19H,14-17,20H2,1-2H3,(H,32,37)(H,31,33,34);1-2,4,6-8,13-15H,3H2,(H2,10,11,16)/t;4-,6-,7+,8-/m.1/s1. The Hall–Kier alpha value is -5.62. The number of nitrogens with zero attached hydrogens (tertiary/aromatic N) is 7. The van der Waals surface area contributed by atoms with Crippen molar-refractivity contribution in [3.63, 3.8) is 0 Å². The van der Waals surface area contributed by atoms with Crippen LogP contribution in [0.4, 0.5) is 23.1 Å². The summed E-state index contributed by atoms with van der Waals surface area (Å²) in [6, 6.07) is 20.7. The maximum Gasteiger partial charge on any atom is 0.351 e. The second kappa shape index (κ2) is 17.5. The first-order chi connectivity index (χ1) is 26.1. The minimum absolute atomic E-state index is 0.0537. The van der Waals surface area contributed by atoms with Crippen LogP contribution >= 0.6 is 0 Å². The Morgan fingerprint density at radius 3 is 2.44 bits per heavy atom. The maximum atomic E-state index is 12.9. The molecule has 3 aromatic heterocycles. The number of aryl methyl sites for hydroxylation is 1. The molecule has 1 amide bonds. The van der Waals surface area contributed by atoms with E-state index in [0.29, 0.717) is 17.2 Å². The van der Waals surface area contributed by atoms with Gasteiger partial charge in [0.2, 0.25) is 5.95 Å². The minimum atomic E-state index is -1.31. The molecule has 2 saturated heterocycles. The van der Waals surface area contributed by atoms with Crippen molar-refractivity contribution < 1.29 is 24.9 Å². The van der Waals surface area contributed by atoms with Gasteiger partial charge in [-0.1, -0.05) is 18.2 Å². The summed E-state index contributed by atoms with van der Waals surface area (Å²) < 4.78 is 6.19. The molecule has 5 heterocycles. The van der Waals surface area contributed by atoms with Gasteiger partial charge in [0.05, 0.1) is 12.3 Å². The average Bonchev–Trinajstić information content (AvgIpc) is 3.47. The Bertz CT molecular complexity index is 2080. The molecule has 0 spiro atoms. The maximum absolute atomic E-state index is 12.9. The van der Waals surface area contributed by atoms with Crippen molar-refractivity contribution in [3.8, 4) is 11.3 Å². The molecule has 16 nitrogen and oxygen atoms in total. The van der Waals surface area contributed by atoms with Gasteiger partial charge in [0.25, 0.3) is 5.91 Å². The average molecular weight is 737 g/mol. The highest BCUT2D eigenvalue weighted by Gasteiger charge is 2.43. The molecule has 2 aromatic carbocycles. The number of ether oxygens (including phenoxy) is 1. The molecule has 2 aliphatic heterocycles. The van der Waals surface area contributed by atoms with E-state index in [2.05, 4.69) is 47.4 Å². The molecular formula is C38H44N10O6. The number of likely N-dealkylation sites (N-methyl/N-ethyl adjacent to an activating group) is 1. The first-order valence-corrected chi connectivity index (χ1v) is 17.5. The predicted molar refractivity (Wildman–Crippen MR) is 203 cm³/mol. The number of rotatable bonds is 9. The van der Waals surface area contributed by atoms with Crippen molar-refractivity contribution in [2.45, 2.75) is 38.0 Å². The number of aliphatic hydroxyl groups is 3. The van der Waals surface area contributed by atoms with E-state index in [1.165, 1.54) is 17.8 Å². The highest BCUT2D eigenvalue weighted by molar-refractivity contribution is 6.04. The molecule has 5 aromatic rings. The van der Waals surface area contributed by atoms with Gasteiger partial charge in [-0.25, -0.2) is 14.8 Å². The highest BCUT2D eigenvalue weighted by atomic mass is 16.6. The zero-order valence-electron chi connectivity index (χ0n) is 30.0. The van der Waals surface area contributed by atoms with Crippen LogP contribution in [0.15, 0.2) is 96.3 Å². The van der Waals surface area contributed by atoms with Crippen LogP contribution in [0.5, 0.6) is 0 Å². The number of carbonyl (C=O) groups excluding carboxylic acids is 1. The van der Waals surface area contributed by atoms with Crippen LogP contribution in [0.25, 0.3) is 11.3 Å². The molecule has 7 N–H and O–H groups in total. The zero-order chi connectivity index (χ0) is 38.2. The molecule has 0 saturated carbocycles. The van der Waals surface area contributed by atoms with Crippen LogP contribution in [-0.4, -0.2) is 114 Å². The molecule has 282 valence electrons. The highest BCUT2D eigenvalue weighted by Crippen LogP contribution is 2.28. The van der Waals surface area contributed by atoms with Crippen LogP contribution in [-0.2, 0) is 11.3 Å². The molecule has 0 radical (unpaired) electrons. The van der Waals surface area contributed by atoms with Crippen molar-refractivity contribution >= 4 is 29.0 Å². The fraction of sp³-hybridized carbons (Fsp3) is 0.316. The third kappa shape index (κ3) is 9.48. The summed E-state index contributed by atoms with van der Waals surface area (Å²) in [5, 5.41) is 34.4. The summed E-state index contributed by atoms with van der Waals surface area (Å²) in [5.41, 5.74) is 10.7. The first kappa shape index (κ1) is 38.1. The lowest BCUT2D eigenvalue weighted by molar-refractivity contribution is -0.0549. The molecule has 54 heavy (non-hydrogen) atoms. The number of carbonyl (C=O) groups is 1. The van der Waals surface area contributed by atoms with Crippen molar-refractivity contribution in [1.82, 2.24) is 34.3 Å². The molecule has 2 aliphatic rings. The van der Waals surface area contributed by atoms with E-state index >= 15 is 0 Å². The number of nitrogens with one attached hydrogen (secondary N) is 2. The summed E-state index contributed by atoms with van der Waals surface area (Å²) in [5.74, 6) is 0.387. The molecule has 0 bridgehead atoms. The Balaban J connectivity index is 0.000000244. The van der Waals surface area contributed by atoms with E-state index in [4.69, 9.17) is 15.6 Å². The number of aliphatic hydroxyl groups excluding tert-OH is 3. The number of aromatic nitrogens is 5. The molecule has 16 heteroatoms. The number of benzene rings is 2. The van der Waals surface area contributed by atoms with Crippen LogP contribution < -0.4 is 22.1 Å². The first-order valence-electron chi connectivity index (χ1n) is 17.5. The van der Waals surface area contributed by atoms with Gasteiger partial charge in [0.15, 0.2) is 6.23 Å². The number of pyridine rings is 1. The monoisotopic (exact) mass is 736 g/mol. The number of hydrogen-bond donors (Lipinski definition) is 6. The lowest BCUT2D eigenvalue weighted by atomic mass is 10.1. The van der Waals surface area contributed by atoms with Gasteiger partial charge in [-0.3, -0.25) is 19.2 Å². The molecule has 0 unspecified atom stereocenters. The normalized spacial score (nSPS) is 20.2. The molecule has 2 fully saturated rings. The van der Waals surface area contributed by atoms with E-state index in [1.54, 1.807) is 18.6 Å². The van der Waals surface area contributed by atoms with Crippen molar-refractivity contribution in [2.75, 3.05) is 56.2 Å². The predicted octanol–water partition coefficient (Wildman–Crippen LogP) is 2.03. The Morgan fingerprint density at radius 1 is 0.981 bits per heavy atom. The number of amides is 1. The van der Waals surface area contributed by atoms with Gasteiger partial charge in [-0.15, -0.1) is 0 Å². The number of hydrogen-bond acceptors (Lipinski definition) is 14. The topological polar surface area (TPSA) is 217 Å². The third-order valence-corrected chi connectivity index (χ3v) is 9.22. The minimum Gasteiger partial charge on any atom is -0.394 e. The Labute approximate surface area is 311 Å². The SMILES string of the molecule is Cc1ccc(NC(=O)c2ccc(CN3CCN(C)CC3)cc2)cc1Nc1nccc(-c2cccnc2)n1.Nc1ccn([C@@H]2O[C@H](CO)[C@@H](O)[C@@H]2O)c(=O)n1. The van der Waals surface area contributed by atoms with Crippen molar-refractivity contribution in [3.05, 3.63) is 119 Å². The smallest absolute Gasteiger partial charge is 0.351 e. The van der Waals surface area contributed by atoms with E-state index in [9.17, 15) is 19.8 Å². The van der Waals surface area contributed by atoms with Crippen LogP contribution in [0.2, 0.25) is 0 Å². The van der Waals surface area contributed by atoms with Gasteiger partial charge < -0.3 is 41.3 Å². The van der Waals surface area contributed by atoms with E-state index in [-0.39, 0.29) is 11.7 Å². The van der Waals surface area contributed by atoms with Gasteiger partial charge >= 0.3 is 5.69 Å². The summed E-state index contributed by atoms with van der Waals surface area (Å²) in [6.45, 7) is 6.78. The number of piperazine rings is 1. The van der Waals surface area contributed by atoms with Crippen molar-refractivity contribution in [2.24, 2.45) is 0 Å². The second-order valence-electron chi connectivity index (χ2n) is 13.2. The molecular weight excluding hydrogens is 692 g/mol. The van der Waals surface area contributed by atoms with Gasteiger partial charge in [0.1, 0.15) is 24.1 Å². The summed E-state index contributed by atoms with van der Waals surface area (Å²) in [6.07, 6.45) is 1.95. The van der Waals surface area contributed by atoms with Crippen LogP contribution in [0, 0.1) is 6.92 Å². The van der Waals surface area contributed by atoms with E-state index < -0.39 is 36.8 Å². The summed E-state index contributed by atoms with van der Waals surface area (Å²) in [7, 11) is 2.16. The number of nitrogen functional groups attached to an aromatic ring is 1. The molecule has 7 rings (SSSR count). The molecule has 4 atom stereocenters. The van der Waals surface area contributed by atoms with Gasteiger partial charge in [-0.05, 0) is 73.6 Å². The zero-order valence-corrected chi connectivity index (χ0v) is 30.0. The van der Waals surface area contributed by atoms with Crippen molar-refractivity contribution in [1.29, 1.82) is 0 Å². The largest absolute Gasteiger partial charge is 0.394 e. The lowest BCUT2D eigenvalue weighted by Crippen LogP contribution is -2.43. The summed E-state index contributed by atoms with van der Waals surface area (Å²) in [4.78, 5) is 45.9. The number of anilines is 4. The van der Waals surface area contributed by atoms with E-state index in [0.717, 1.165) is 59.8 Å². The van der Waals surface area contributed by atoms with E-state index in [1.807, 2.05) is 67.6 Å². The quantitative estimate of drug-likeness (QED) is 0.128. The fourth-order valence-electron chi connectivity index (χ4n) is 6.01. The fourth-order valence-corrected chi connectivity index (χ4v) is 6.01.